The fourth-order valence-corrected chi connectivity index (χ4v) is 0.769. The van der Waals surface area contributed by atoms with Gasteiger partial charge in [0.1, 0.15) is 6.61 Å². The van der Waals surface area contributed by atoms with E-state index in [0.29, 0.717) is 0 Å². The fourth-order valence-electron chi connectivity index (χ4n) is 0.714. The first-order valence-electron chi connectivity index (χ1n) is 5.12. The summed E-state index contributed by atoms with van der Waals surface area (Å²) < 4.78 is 23.7. The Bertz CT molecular complexity index is 376. The van der Waals surface area contributed by atoms with E-state index in [0.717, 1.165) is 5.56 Å². The van der Waals surface area contributed by atoms with Gasteiger partial charge in [-0.15, -0.1) is 0 Å². The zero-order valence-corrected chi connectivity index (χ0v) is 13.8. The van der Waals surface area contributed by atoms with E-state index in [2.05, 4.69) is 4.74 Å². The summed E-state index contributed by atoms with van der Waals surface area (Å²) >= 11 is 4.97. The van der Waals surface area contributed by atoms with Gasteiger partial charge in [0.05, 0.1) is 0 Å². The molecular weight excluding hydrogens is 308 g/mol. The van der Waals surface area contributed by atoms with E-state index in [4.69, 9.17) is 11.6 Å². The summed E-state index contributed by atoms with van der Waals surface area (Å²) in [5.74, 6) is 0. The zero-order valence-electron chi connectivity index (χ0n) is 11.4. The summed E-state index contributed by atoms with van der Waals surface area (Å²) in [7, 11) is -1.22. The molecule has 0 aliphatic carbocycles. The van der Waals surface area contributed by atoms with Gasteiger partial charge in [0.25, 0.3) is 0 Å². The lowest BCUT2D eigenvalue weighted by molar-refractivity contribution is 0.167. The highest BCUT2D eigenvalue weighted by Crippen LogP contribution is 2.01. The lowest BCUT2D eigenvalue weighted by atomic mass is 10.2. The average molecular weight is 327 g/mol. The lowest BCUT2D eigenvalue weighted by Gasteiger charge is -1.98. The highest BCUT2D eigenvalue weighted by molar-refractivity contribution is 7.83. The largest absolute Gasteiger partial charge is 0.449 e. The summed E-state index contributed by atoms with van der Waals surface area (Å²) in [4.78, 5) is 10.2. The van der Waals surface area contributed by atoms with E-state index in [9.17, 15) is 13.2 Å². The molecule has 0 N–H and O–H groups in total. The van der Waals surface area contributed by atoms with Gasteiger partial charge in [0.15, 0.2) is 0 Å². The van der Waals surface area contributed by atoms with E-state index < -0.39 is 27.0 Å². The zero-order chi connectivity index (χ0) is 15.3. The van der Waals surface area contributed by atoms with Crippen molar-refractivity contribution >= 4 is 38.6 Å². The van der Waals surface area contributed by atoms with Gasteiger partial charge in [-0.3, -0.25) is 8.42 Å². The van der Waals surface area contributed by atoms with Crippen LogP contribution in [0.1, 0.15) is 5.56 Å². The Labute approximate surface area is 124 Å². The van der Waals surface area contributed by atoms with Crippen LogP contribution < -0.4 is 0 Å². The molecule has 0 atom stereocenters. The Morgan fingerprint density at radius 2 is 1.42 bits per heavy atom. The molecule has 19 heavy (non-hydrogen) atoms. The van der Waals surface area contributed by atoms with Gasteiger partial charge in [0, 0.05) is 58.2 Å². The SMILES string of the molecule is CS(C)=O.CS(C)=O.O=C(Cl)OCc1ccccc1. The molecule has 0 fully saturated rings. The first-order valence-corrected chi connectivity index (χ1v) is 9.43. The van der Waals surface area contributed by atoms with Gasteiger partial charge in [-0.1, -0.05) is 30.3 Å². The third-order valence-electron chi connectivity index (χ3n) is 1.20. The molecule has 0 heterocycles. The molecule has 0 unspecified atom stereocenters. The molecular formula is C12H19ClO4S2. The van der Waals surface area contributed by atoms with Crippen molar-refractivity contribution < 1.29 is 17.9 Å². The number of hydrogen-bond donors (Lipinski definition) is 0. The van der Waals surface area contributed by atoms with Crippen molar-refractivity contribution in [1.29, 1.82) is 0 Å². The Morgan fingerprint density at radius 3 is 1.74 bits per heavy atom. The third-order valence-corrected chi connectivity index (χ3v) is 1.30. The van der Waals surface area contributed by atoms with Crippen LogP contribution in [0.25, 0.3) is 0 Å². The number of halogens is 1. The molecule has 0 amide bonds. The van der Waals surface area contributed by atoms with Gasteiger partial charge in [0.2, 0.25) is 0 Å². The standard InChI is InChI=1S/C8H7ClO2.2C2H6OS/c9-8(10)11-6-7-4-2-1-3-5-7;2*1-4(2)3/h1-5H,6H2;2*1-2H3. The van der Waals surface area contributed by atoms with E-state index in [1.165, 1.54) is 0 Å². The normalized spacial score (nSPS) is 9.00. The Kier molecular flexibility index (Phi) is 14.9. The molecule has 0 spiro atoms. The van der Waals surface area contributed by atoms with Crippen LogP contribution in [0.3, 0.4) is 0 Å². The van der Waals surface area contributed by atoms with Crippen molar-refractivity contribution in [2.24, 2.45) is 0 Å². The minimum absolute atomic E-state index is 0.239. The molecule has 1 rings (SSSR count). The van der Waals surface area contributed by atoms with Crippen LogP contribution in [0.5, 0.6) is 0 Å². The van der Waals surface area contributed by atoms with Crippen molar-refractivity contribution in [1.82, 2.24) is 0 Å². The smallest absolute Gasteiger partial charge is 0.404 e. The number of benzene rings is 1. The topological polar surface area (TPSA) is 60.4 Å². The molecule has 7 heteroatoms. The predicted molar refractivity (Wildman–Crippen MR) is 82.5 cm³/mol. The van der Waals surface area contributed by atoms with Crippen molar-refractivity contribution in [3.05, 3.63) is 35.9 Å². The van der Waals surface area contributed by atoms with Crippen LogP contribution >= 0.6 is 11.6 Å². The van der Waals surface area contributed by atoms with Gasteiger partial charge in [-0.05, 0) is 5.56 Å². The summed E-state index contributed by atoms with van der Waals surface area (Å²) in [6.07, 6.45) is 6.56. The second kappa shape index (κ2) is 13.7. The van der Waals surface area contributed by atoms with Crippen LogP contribution in [0.4, 0.5) is 4.79 Å². The molecule has 110 valence electrons. The lowest BCUT2D eigenvalue weighted by Crippen LogP contribution is -1.93. The minimum atomic E-state index is -0.770. The highest BCUT2D eigenvalue weighted by Gasteiger charge is 1.95. The maximum Gasteiger partial charge on any atom is 0.404 e. The maximum atomic E-state index is 10.2. The van der Waals surface area contributed by atoms with Crippen LogP contribution in [0, 0.1) is 0 Å². The first-order chi connectivity index (χ1) is 8.75. The quantitative estimate of drug-likeness (QED) is 0.784. The van der Waals surface area contributed by atoms with E-state index in [1.807, 2.05) is 30.3 Å². The van der Waals surface area contributed by atoms with Crippen molar-refractivity contribution in [3.63, 3.8) is 0 Å². The Hall–Kier alpha value is -0.720. The van der Waals surface area contributed by atoms with Crippen LogP contribution in [0.15, 0.2) is 30.3 Å². The number of rotatable bonds is 2. The van der Waals surface area contributed by atoms with Gasteiger partial charge in [-0.25, -0.2) is 4.79 Å². The number of carbonyl (C=O) groups excluding carboxylic acids is 1. The van der Waals surface area contributed by atoms with E-state index in [1.54, 1.807) is 25.0 Å². The average Bonchev–Trinajstić information content (AvgIpc) is 2.26. The predicted octanol–water partition coefficient (Wildman–Crippen LogP) is 2.55. The van der Waals surface area contributed by atoms with Crippen molar-refractivity contribution in [2.45, 2.75) is 6.61 Å². The summed E-state index contributed by atoms with van der Waals surface area (Å²) in [6.45, 7) is 0.239. The van der Waals surface area contributed by atoms with Gasteiger partial charge < -0.3 is 4.74 Å². The first kappa shape index (κ1) is 20.6. The van der Waals surface area contributed by atoms with Crippen LogP contribution in [-0.2, 0) is 32.9 Å². The second-order valence-electron chi connectivity index (χ2n) is 3.50. The molecule has 0 aliphatic heterocycles. The minimum Gasteiger partial charge on any atom is -0.449 e. The summed E-state index contributed by atoms with van der Waals surface area (Å²) in [6, 6.07) is 9.36. The second-order valence-corrected chi connectivity index (χ2v) is 6.77. The van der Waals surface area contributed by atoms with Crippen LogP contribution in [0.2, 0.25) is 0 Å². The fraction of sp³-hybridized carbons (Fsp3) is 0.417. The van der Waals surface area contributed by atoms with E-state index in [-0.39, 0.29) is 6.61 Å². The molecule has 0 aliphatic rings. The molecule has 0 saturated carbocycles. The maximum absolute atomic E-state index is 10.2. The molecule has 1 aromatic rings. The Balaban J connectivity index is 0. The van der Waals surface area contributed by atoms with Crippen LogP contribution in [-0.4, -0.2) is 38.9 Å². The Morgan fingerprint density at radius 1 is 1.05 bits per heavy atom. The van der Waals surface area contributed by atoms with Gasteiger partial charge >= 0.3 is 5.43 Å². The monoisotopic (exact) mass is 326 g/mol. The summed E-state index contributed by atoms with van der Waals surface area (Å²) in [5, 5.41) is 0. The van der Waals surface area contributed by atoms with Crippen molar-refractivity contribution in [3.8, 4) is 0 Å². The van der Waals surface area contributed by atoms with E-state index >= 15 is 0 Å². The third kappa shape index (κ3) is 26.8. The molecule has 0 radical (unpaired) electrons. The number of carbonyl (C=O) groups is 1. The summed E-state index contributed by atoms with van der Waals surface area (Å²) in [5.41, 5.74) is 0.162. The van der Waals surface area contributed by atoms with Crippen molar-refractivity contribution in [2.75, 3.05) is 25.0 Å². The number of hydrogen-bond acceptors (Lipinski definition) is 4. The highest BCUT2D eigenvalue weighted by atomic mass is 35.5. The molecule has 0 aromatic heterocycles. The molecule has 0 saturated heterocycles. The molecule has 1 aromatic carbocycles. The number of ether oxygens (including phenoxy) is 1. The molecule has 0 bridgehead atoms. The van der Waals surface area contributed by atoms with Gasteiger partial charge in [-0.2, -0.15) is 0 Å². The molecule has 4 nitrogen and oxygen atoms in total.